The van der Waals surface area contributed by atoms with Gasteiger partial charge in [0, 0.05) is 32.1 Å². The highest BCUT2D eigenvalue weighted by Crippen LogP contribution is 2.28. The third-order valence-electron chi connectivity index (χ3n) is 6.21. The number of likely N-dealkylation sites (tertiary alicyclic amines) is 1. The molecular formula is C27H28F3N5O3. The molecule has 1 aliphatic rings. The van der Waals surface area contributed by atoms with Crippen LogP contribution in [0, 0.1) is 0 Å². The number of alkyl halides is 3. The van der Waals surface area contributed by atoms with E-state index < -0.39 is 11.7 Å². The maximum absolute atomic E-state index is 12.9. The van der Waals surface area contributed by atoms with Crippen LogP contribution < -0.4 is 0 Å². The SMILES string of the molecule is C=C/C(=C\C=C(/C)OCc1c(-c2nc(-c3ccc(CN4CCCCC4=O)cc3)no2)cnn1C)C(F)(F)F. The molecule has 11 heteroatoms. The van der Waals surface area contributed by atoms with Crippen LogP contribution in [-0.2, 0) is 29.7 Å². The van der Waals surface area contributed by atoms with Gasteiger partial charge in [-0.05, 0) is 37.5 Å². The average Bonchev–Trinajstić information content (AvgIpc) is 3.51. The Hall–Kier alpha value is -4.15. The van der Waals surface area contributed by atoms with Crippen molar-refractivity contribution in [2.75, 3.05) is 6.54 Å². The molecule has 1 fully saturated rings. The monoisotopic (exact) mass is 527 g/mol. The molecule has 0 spiro atoms. The minimum Gasteiger partial charge on any atom is -0.492 e. The van der Waals surface area contributed by atoms with Gasteiger partial charge in [-0.3, -0.25) is 9.48 Å². The number of halogens is 3. The van der Waals surface area contributed by atoms with Gasteiger partial charge in [0.1, 0.15) is 6.61 Å². The predicted octanol–water partition coefficient (Wildman–Crippen LogP) is 5.74. The lowest BCUT2D eigenvalue weighted by atomic mass is 10.1. The number of rotatable bonds is 9. The van der Waals surface area contributed by atoms with Gasteiger partial charge in [-0.15, -0.1) is 0 Å². The second-order valence-electron chi connectivity index (χ2n) is 8.91. The summed E-state index contributed by atoms with van der Waals surface area (Å²) in [7, 11) is 1.71. The first-order chi connectivity index (χ1) is 18.2. The zero-order chi connectivity index (χ0) is 27.3. The number of aryl methyl sites for hydroxylation is 1. The normalized spacial score (nSPS) is 15.2. The van der Waals surface area contributed by atoms with Crippen molar-refractivity contribution in [3.8, 4) is 22.8 Å². The molecule has 3 heterocycles. The van der Waals surface area contributed by atoms with Crippen LogP contribution in [0.3, 0.4) is 0 Å². The van der Waals surface area contributed by atoms with E-state index in [1.165, 1.54) is 6.08 Å². The number of nitrogens with zero attached hydrogens (tertiary/aromatic N) is 5. The highest BCUT2D eigenvalue weighted by atomic mass is 19.4. The van der Waals surface area contributed by atoms with E-state index in [4.69, 9.17) is 9.26 Å². The molecule has 0 atom stereocenters. The molecule has 0 saturated carbocycles. The van der Waals surface area contributed by atoms with Crippen LogP contribution in [0.4, 0.5) is 13.2 Å². The maximum atomic E-state index is 12.9. The van der Waals surface area contributed by atoms with Gasteiger partial charge in [0.25, 0.3) is 5.89 Å². The molecule has 0 radical (unpaired) electrons. The summed E-state index contributed by atoms with van der Waals surface area (Å²) in [6.45, 7) is 6.13. The van der Waals surface area contributed by atoms with Gasteiger partial charge in [0.15, 0.2) is 0 Å². The molecule has 0 bridgehead atoms. The average molecular weight is 528 g/mol. The summed E-state index contributed by atoms with van der Waals surface area (Å²) in [6, 6.07) is 7.64. The Morgan fingerprint density at radius 2 is 1.97 bits per heavy atom. The lowest BCUT2D eigenvalue weighted by molar-refractivity contribution is -0.133. The van der Waals surface area contributed by atoms with Crippen LogP contribution in [0.2, 0.25) is 0 Å². The van der Waals surface area contributed by atoms with Crippen LogP contribution in [0.25, 0.3) is 22.8 Å². The number of carbonyl (C=O) groups excluding carboxylic acids is 1. The van der Waals surface area contributed by atoms with Crippen molar-refractivity contribution in [1.82, 2.24) is 24.8 Å². The summed E-state index contributed by atoms with van der Waals surface area (Å²) in [5, 5.41) is 8.31. The van der Waals surface area contributed by atoms with Crippen molar-refractivity contribution < 1.29 is 27.2 Å². The van der Waals surface area contributed by atoms with Gasteiger partial charge in [0.05, 0.1) is 28.8 Å². The molecule has 1 aromatic carbocycles. The number of carbonyl (C=O) groups is 1. The summed E-state index contributed by atoms with van der Waals surface area (Å²) in [4.78, 5) is 18.4. The number of aromatic nitrogens is 4. The zero-order valence-corrected chi connectivity index (χ0v) is 21.2. The molecule has 8 nitrogen and oxygen atoms in total. The van der Waals surface area contributed by atoms with E-state index in [9.17, 15) is 18.0 Å². The first-order valence-corrected chi connectivity index (χ1v) is 12.1. The molecule has 3 aromatic rings. The van der Waals surface area contributed by atoms with Crippen LogP contribution >= 0.6 is 0 Å². The van der Waals surface area contributed by atoms with Crippen LogP contribution in [-0.4, -0.2) is 43.4 Å². The van der Waals surface area contributed by atoms with E-state index in [2.05, 4.69) is 21.8 Å². The second kappa shape index (κ2) is 11.5. The lowest BCUT2D eigenvalue weighted by Gasteiger charge is -2.26. The number of benzene rings is 1. The number of ether oxygens (including phenoxy) is 1. The van der Waals surface area contributed by atoms with Gasteiger partial charge in [-0.1, -0.05) is 42.1 Å². The molecule has 0 aliphatic carbocycles. The summed E-state index contributed by atoms with van der Waals surface area (Å²) < 4.78 is 51.3. The smallest absolute Gasteiger partial charge is 0.416 e. The van der Waals surface area contributed by atoms with E-state index >= 15 is 0 Å². The van der Waals surface area contributed by atoms with Crippen molar-refractivity contribution in [3.63, 3.8) is 0 Å². The van der Waals surface area contributed by atoms with Crippen LogP contribution in [0.5, 0.6) is 0 Å². The Morgan fingerprint density at radius 3 is 2.66 bits per heavy atom. The van der Waals surface area contributed by atoms with E-state index in [0.717, 1.165) is 42.7 Å². The van der Waals surface area contributed by atoms with Crippen LogP contribution in [0.1, 0.15) is 37.4 Å². The van der Waals surface area contributed by atoms with Gasteiger partial charge < -0.3 is 14.2 Å². The molecule has 200 valence electrons. The largest absolute Gasteiger partial charge is 0.492 e. The summed E-state index contributed by atoms with van der Waals surface area (Å²) in [5.74, 6) is 1.09. The molecular weight excluding hydrogens is 499 g/mol. The zero-order valence-electron chi connectivity index (χ0n) is 21.2. The molecule has 2 aromatic heterocycles. The highest BCUT2D eigenvalue weighted by Gasteiger charge is 2.30. The lowest BCUT2D eigenvalue weighted by Crippen LogP contribution is -2.34. The predicted molar refractivity (Wildman–Crippen MR) is 134 cm³/mol. The van der Waals surface area contributed by atoms with Crippen LogP contribution in [0.15, 0.2) is 71.1 Å². The van der Waals surface area contributed by atoms with E-state index in [0.29, 0.717) is 30.0 Å². The highest BCUT2D eigenvalue weighted by molar-refractivity contribution is 5.76. The molecule has 0 unspecified atom stereocenters. The van der Waals surface area contributed by atoms with Crippen molar-refractivity contribution in [1.29, 1.82) is 0 Å². The first-order valence-electron chi connectivity index (χ1n) is 12.1. The Labute approximate surface area is 218 Å². The molecule has 1 aliphatic heterocycles. The van der Waals surface area contributed by atoms with Crippen molar-refractivity contribution in [2.24, 2.45) is 7.05 Å². The number of hydrogen-bond acceptors (Lipinski definition) is 6. The number of amides is 1. The number of allylic oxidation sites excluding steroid dienone is 5. The minimum absolute atomic E-state index is 0.0269. The Kier molecular flexibility index (Phi) is 8.13. The Bertz CT molecular complexity index is 1350. The standard InChI is InChI=1S/C27H28F3N5O3/c1-4-21(27(28,29)30)13-8-18(2)37-17-23-22(15-31-34(23)3)26-32-25(33-38-26)20-11-9-19(10-12-20)16-35-14-6-5-7-24(35)36/h4,8-13,15H,1,5-7,14,16-17H2,2-3H3/b18-8+,21-13+. The number of piperidine rings is 1. The van der Waals surface area contributed by atoms with E-state index in [1.54, 1.807) is 24.9 Å². The fourth-order valence-corrected chi connectivity index (χ4v) is 3.99. The van der Waals surface area contributed by atoms with E-state index in [-0.39, 0.29) is 24.2 Å². The minimum atomic E-state index is -4.49. The van der Waals surface area contributed by atoms with Gasteiger partial charge in [-0.2, -0.15) is 23.3 Å². The quantitative estimate of drug-likeness (QED) is 0.260. The molecule has 4 rings (SSSR count). The molecule has 1 amide bonds. The summed E-state index contributed by atoms with van der Waals surface area (Å²) >= 11 is 0. The first kappa shape index (κ1) is 26.9. The Morgan fingerprint density at radius 1 is 1.21 bits per heavy atom. The topological polar surface area (TPSA) is 86.3 Å². The summed E-state index contributed by atoms with van der Waals surface area (Å²) in [6.07, 6.45) is 2.54. The maximum Gasteiger partial charge on any atom is 0.416 e. The van der Waals surface area contributed by atoms with Crippen molar-refractivity contribution in [3.05, 3.63) is 77.9 Å². The second-order valence-corrected chi connectivity index (χ2v) is 8.91. The van der Waals surface area contributed by atoms with Crippen molar-refractivity contribution >= 4 is 5.91 Å². The van der Waals surface area contributed by atoms with Gasteiger partial charge >= 0.3 is 6.18 Å². The molecule has 1 saturated heterocycles. The molecule has 38 heavy (non-hydrogen) atoms. The third-order valence-corrected chi connectivity index (χ3v) is 6.21. The van der Waals surface area contributed by atoms with Crippen molar-refractivity contribution in [2.45, 2.75) is 45.5 Å². The van der Waals surface area contributed by atoms with Gasteiger partial charge in [-0.25, -0.2) is 0 Å². The summed E-state index contributed by atoms with van der Waals surface area (Å²) in [5.41, 5.74) is 2.07. The fraction of sp³-hybridized carbons (Fsp3) is 0.333. The van der Waals surface area contributed by atoms with E-state index in [1.807, 2.05) is 29.2 Å². The molecule has 0 N–H and O–H groups in total. The third kappa shape index (κ3) is 6.39. The Balaban J connectivity index is 1.44. The number of hydrogen-bond donors (Lipinski definition) is 0. The van der Waals surface area contributed by atoms with Gasteiger partial charge in [0.2, 0.25) is 11.7 Å². The fourth-order valence-electron chi connectivity index (χ4n) is 3.99.